The number of rotatable bonds is 2. The Labute approximate surface area is 104 Å². The van der Waals surface area contributed by atoms with Crippen molar-refractivity contribution in [3.8, 4) is 22.6 Å². The molecular weight excluding hydrogens is 256 g/mol. The highest BCUT2D eigenvalue weighted by atomic mass is 32.2. The van der Waals surface area contributed by atoms with Crippen LogP contribution < -0.4 is 0 Å². The van der Waals surface area contributed by atoms with Crippen LogP contribution in [0.5, 0.6) is 11.5 Å². The summed E-state index contributed by atoms with van der Waals surface area (Å²) in [6.45, 7) is 0. The maximum Gasteiger partial charge on any atom is 0.295 e. The highest BCUT2D eigenvalue weighted by molar-refractivity contribution is 7.86. The van der Waals surface area contributed by atoms with Gasteiger partial charge in [-0.25, -0.2) is 0 Å². The quantitative estimate of drug-likeness (QED) is 0.723. The molecular formula is C12H10O5S. The summed E-state index contributed by atoms with van der Waals surface area (Å²) in [6, 6.07) is 9.48. The van der Waals surface area contributed by atoms with Crippen molar-refractivity contribution < 1.29 is 23.2 Å². The molecule has 0 fully saturated rings. The second-order valence-electron chi connectivity index (χ2n) is 3.70. The molecule has 94 valence electrons. The number of benzene rings is 2. The third kappa shape index (κ3) is 2.44. The monoisotopic (exact) mass is 266 g/mol. The van der Waals surface area contributed by atoms with Crippen molar-refractivity contribution in [3.63, 3.8) is 0 Å². The molecule has 0 saturated heterocycles. The van der Waals surface area contributed by atoms with Crippen LogP contribution in [0.1, 0.15) is 0 Å². The van der Waals surface area contributed by atoms with Crippen LogP contribution in [-0.4, -0.2) is 23.2 Å². The first-order valence-corrected chi connectivity index (χ1v) is 6.42. The second-order valence-corrected chi connectivity index (χ2v) is 5.09. The third-order valence-corrected chi connectivity index (χ3v) is 3.31. The van der Waals surface area contributed by atoms with Crippen molar-refractivity contribution in [2.24, 2.45) is 0 Å². The highest BCUT2D eigenvalue weighted by Gasteiger charge is 2.17. The summed E-state index contributed by atoms with van der Waals surface area (Å²) in [5.41, 5.74) is 0.746. The number of hydrogen-bond donors (Lipinski definition) is 3. The van der Waals surface area contributed by atoms with E-state index in [1.54, 1.807) is 0 Å². The lowest BCUT2D eigenvalue weighted by atomic mass is 10.1. The fourth-order valence-electron chi connectivity index (χ4n) is 1.60. The standard InChI is InChI=1S/C12H10O5S/c13-9-3-1-8(2-4-9)11-6-5-10(14)7-12(11)18(15,16)17/h1-7,13-14H,(H,15,16,17). The maximum absolute atomic E-state index is 11.2. The third-order valence-electron chi connectivity index (χ3n) is 2.42. The van der Waals surface area contributed by atoms with Crippen molar-refractivity contribution in [1.29, 1.82) is 0 Å². The Kier molecular flexibility index (Phi) is 2.98. The smallest absolute Gasteiger partial charge is 0.295 e. The van der Waals surface area contributed by atoms with E-state index in [0.29, 0.717) is 5.56 Å². The van der Waals surface area contributed by atoms with E-state index in [1.807, 2.05) is 0 Å². The number of phenolic OH excluding ortho intramolecular Hbond substituents is 2. The average molecular weight is 266 g/mol. The molecule has 0 radical (unpaired) electrons. The van der Waals surface area contributed by atoms with Gasteiger partial charge in [0.15, 0.2) is 0 Å². The fourth-order valence-corrected chi connectivity index (χ4v) is 2.34. The van der Waals surface area contributed by atoms with Crippen molar-refractivity contribution in [2.75, 3.05) is 0 Å². The minimum absolute atomic E-state index is 0.0472. The minimum Gasteiger partial charge on any atom is -0.508 e. The van der Waals surface area contributed by atoms with Crippen LogP contribution in [0.4, 0.5) is 0 Å². The molecule has 0 heterocycles. The zero-order valence-electron chi connectivity index (χ0n) is 9.11. The van der Waals surface area contributed by atoms with Gasteiger partial charge in [-0.15, -0.1) is 0 Å². The van der Waals surface area contributed by atoms with Crippen LogP contribution in [-0.2, 0) is 10.1 Å². The molecule has 0 aliphatic rings. The first-order chi connectivity index (χ1) is 8.38. The molecule has 5 nitrogen and oxygen atoms in total. The van der Waals surface area contributed by atoms with Gasteiger partial charge in [-0.1, -0.05) is 12.1 Å². The molecule has 0 atom stereocenters. The van der Waals surface area contributed by atoms with Crippen LogP contribution in [0.2, 0.25) is 0 Å². The molecule has 18 heavy (non-hydrogen) atoms. The topological polar surface area (TPSA) is 94.8 Å². The lowest BCUT2D eigenvalue weighted by molar-refractivity contribution is 0.466. The summed E-state index contributed by atoms with van der Waals surface area (Å²) in [5.74, 6) is -0.212. The van der Waals surface area contributed by atoms with Crippen LogP contribution in [0.15, 0.2) is 47.4 Å². The van der Waals surface area contributed by atoms with Crippen molar-refractivity contribution >= 4 is 10.1 Å². The molecule has 0 amide bonds. The Morgan fingerprint density at radius 2 is 1.39 bits per heavy atom. The van der Waals surface area contributed by atoms with E-state index >= 15 is 0 Å². The Morgan fingerprint density at radius 1 is 0.833 bits per heavy atom. The van der Waals surface area contributed by atoms with Gasteiger partial charge in [0.25, 0.3) is 10.1 Å². The summed E-state index contributed by atoms with van der Waals surface area (Å²) in [7, 11) is -4.44. The largest absolute Gasteiger partial charge is 0.508 e. The highest BCUT2D eigenvalue weighted by Crippen LogP contribution is 2.31. The number of hydrogen-bond acceptors (Lipinski definition) is 4. The molecule has 0 saturated carbocycles. The van der Waals surface area contributed by atoms with Gasteiger partial charge in [-0.2, -0.15) is 8.42 Å². The molecule has 0 aliphatic carbocycles. The predicted octanol–water partition coefficient (Wildman–Crippen LogP) is 2.01. The van der Waals surface area contributed by atoms with Crippen molar-refractivity contribution in [2.45, 2.75) is 4.90 Å². The van der Waals surface area contributed by atoms with E-state index < -0.39 is 10.1 Å². The van der Waals surface area contributed by atoms with Gasteiger partial charge in [-0.3, -0.25) is 4.55 Å². The van der Waals surface area contributed by atoms with Gasteiger partial charge in [0.2, 0.25) is 0 Å². The summed E-state index contributed by atoms with van der Waals surface area (Å²) in [4.78, 5) is -0.381. The van der Waals surface area contributed by atoms with Gasteiger partial charge in [0.1, 0.15) is 16.4 Å². The Morgan fingerprint density at radius 3 is 1.94 bits per heavy atom. The summed E-state index contributed by atoms with van der Waals surface area (Å²) in [5, 5.41) is 18.4. The van der Waals surface area contributed by atoms with Crippen LogP contribution in [0.25, 0.3) is 11.1 Å². The minimum atomic E-state index is -4.44. The Hall–Kier alpha value is -2.05. The zero-order valence-corrected chi connectivity index (χ0v) is 9.92. The molecule has 0 aliphatic heterocycles. The van der Waals surface area contributed by atoms with Gasteiger partial charge < -0.3 is 10.2 Å². The van der Waals surface area contributed by atoms with E-state index in [9.17, 15) is 13.5 Å². The maximum atomic E-state index is 11.2. The molecule has 6 heteroatoms. The van der Waals surface area contributed by atoms with E-state index in [4.69, 9.17) is 9.66 Å². The normalized spacial score (nSPS) is 11.4. The molecule has 2 aromatic carbocycles. The average Bonchev–Trinajstić information content (AvgIpc) is 2.29. The van der Waals surface area contributed by atoms with Crippen LogP contribution in [0, 0.1) is 0 Å². The molecule has 0 spiro atoms. The van der Waals surface area contributed by atoms with Crippen LogP contribution >= 0.6 is 0 Å². The second kappa shape index (κ2) is 4.32. The Balaban J connectivity index is 2.68. The first kappa shape index (κ1) is 12.4. The molecule has 0 aromatic heterocycles. The van der Waals surface area contributed by atoms with E-state index in [2.05, 4.69) is 0 Å². The molecule has 0 bridgehead atoms. The van der Waals surface area contributed by atoms with Gasteiger partial charge in [-0.05, 0) is 29.8 Å². The number of phenols is 2. The first-order valence-electron chi connectivity index (χ1n) is 4.98. The van der Waals surface area contributed by atoms with Crippen molar-refractivity contribution in [1.82, 2.24) is 0 Å². The zero-order chi connectivity index (χ0) is 13.3. The van der Waals surface area contributed by atoms with Crippen molar-refractivity contribution in [3.05, 3.63) is 42.5 Å². The lowest BCUT2D eigenvalue weighted by Gasteiger charge is -2.08. The summed E-state index contributed by atoms with van der Waals surface area (Å²) in [6.07, 6.45) is 0. The Bertz CT molecular complexity index is 674. The molecule has 2 aromatic rings. The fraction of sp³-hybridized carbons (Fsp3) is 0. The SMILES string of the molecule is O=S(=O)(O)c1cc(O)ccc1-c1ccc(O)cc1. The lowest BCUT2D eigenvalue weighted by Crippen LogP contribution is -2.00. The molecule has 2 rings (SSSR count). The predicted molar refractivity (Wildman–Crippen MR) is 65.0 cm³/mol. The van der Waals surface area contributed by atoms with E-state index in [-0.39, 0.29) is 22.0 Å². The summed E-state index contributed by atoms with van der Waals surface area (Å²) >= 11 is 0. The van der Waals surface area contributed by atoms with E-state index in [0.717, 1.165) is 6.07 Å². The van der Waals surface area contributed by atoms with Gasteiger partial charge in [0, 0.05) is 11.6 Å². The van der Waals surface area contributed by atoms with E-state index in [1.165, 1.54) is 36.4 Å². The molecule has 3 N–H and O–H groups in total. The summed E-state index contributed by atoms with van der Waals surface area (Å²) < 4.78 is 31.6. The molecule has 0 unspecified atom stereocenters. The van der Waals surface area contributed by atoms with Crippen LogP contribution in [0.3, 0.4) is 0 Å². The van der Waals surface area contributed by atoms with Gasteiger partial charge >= 0.3 is 0 Å². The van der Waals surface area contributed by atoms with Gasteiger partial charge in [0.05, 0.1) is 0 Å². The number of aromatic hydroxyl groups is 2.